The third kappa shape index (κ3) is 2.47. The van der Waals surface area contributed by atoms with Gasteiger partial charge in [-0.15, -0.1) is 0 Å². The number of hydrogen-bond acceptors (Lipinski definition) is 1. The molecule has 1 rings (SSSR count). The van der Waals surface area contributed by atoms with Gasteiger partial charge in [0.25, 0.3) is 0 Å². The largest absolute Gasteiger partial charge is 0.391 e. The maximum atomic E-state index is 3.75. The van der Waals surface area contributed by atoms with Crippen LogP contribution in [0.2, 0.25) is 0 Å². The van der Waals surface area contributed by atoms with Gasteiger partial charge >= 0.3 is 0 Å². The van der Waals surface area contributed by atoms with Crippen LogP contribution in [0.1, 0.15) is 0 Å². The predicted octanol–water partition coefficient (Wildman–Crippen LogP) is 0.879. The Balaban J connectivity index is 0.000000360. The first-order valence-corrected chi connectivity index (χ1v) is 1.76. The molecule has 0 atom stereocenters. The fraction of sp³-hybridized carbons (Fsp3) is 0. The Bertz CT molecular complexity index is 80.0. The van der Waals surface area contributed by atoms with E-state index in [1.54, 1.807) is 24.5 Å². The van der Waals surface area contributed by atoms with Crippen molar-refractivity contribution in [3.63, 3.8) is 0 Å². The summed E-state index contributed by atoms with van der Waals surface area (Å²) in [6.07, 6.45) is 3.39. The number of pyridine rings is 1. The molecular weight excluding hydrogens is 139 g/mol. The summed E-state index contributed by atoms with van der Waals surface area (Å²) >= 11 is 0. The molecule has 32 valence electrons. The third-order valence-corrected chi connectivity index (χ3v) is 0.514. The van der Waals surface area contributed by atoms with Crippen molar-refractivity contribution >= 4 is 0 Å². The van der Waals surface area contributed by atoms with Gasteiger partial charge in [0.15, 0.2) is 0 Å². The van der Waals surface area contributed by atoms with Crippen LogP contribution in [0.3, 0.4) is 0 Å². The zero-order chi connectivity index (χ0) is 4.24. The minimum absolute atomic E-state index is 0. The first kappa shape index (κ1) is 6.77. The van der Waals surface area contributed by atoms with Gasteiger partial charge in [-0.1, -0.05) is 12.4 Å². The van der Waals surface area contributed by atoms with E-state index < -0.39 is 0 Å². The zero-order valence-electron chi connectivity index (χ0n) is 3.96. The Morgan fingerprint density at radius 3 is 1.86 bits per heavy atom. The normalized spacial score (nSPS) is 6.86. The summed E-state index contributed by atoms with van der Waals surface area (Å²) in [7, 11) is 0. The molecule has 0 aliphatic carbocycles. The molecule has 0 fully saturated rings. The summed E-state index contributed by atoms with van der Waals surface area (Å²) in [5.41, 5.74) is 0. The molecule has 2 heteroatoms. The molecule has 0 spiro atoms. The van der Waals surface area contributed by atoms with E-state index in [1.165, 1.54) is 0 Å². The summed E-state index contributed by atoms with van der Waals surface area (Å²) in [5.74, 6) is 0. The van der Waals surface area contributed by atoms with E-state index >= 15 is 0 Å². The van der Waals surface area contributed by atoms with Crippen LogP contribution in [0, 0.1) is 6.07 Å². The van der Waals surface area contributed by atoms with E-state index in [2.05, 4.69) is 11.1 Å². The van der Waals surface area contributed by atoms with Crippen LogP contribution in [0.4, 0.5) is 0 Å². The topological polar surface area (TPSA) is 12.9 Å². The van der Waals surface area contributed by atoms with Crippen LogP contribution in [-0.2, 0) is 19.5 Å². The van der Waals surface area contributed by atoms with E-state index in [-0.39, 0.29) is 19.5 Å². The van der Waals surface area contributed by atoms with Crippen molar-refractivity contribution in [1.82, 2.24) is 4.98 Å². The van der Waals surface area contributed by atoms with Gasteiger partial charge in [0.2, 0.25) is 0 Å². The third-order valence-electron chi connectivity index (χ3n) is 0.514. The zero-order valence-corrected chi connectivity index (χ0v) is 6.93. The summed E-state index contributed by atoms with van der Waals surface area (Å²) < 4.78 is 0. The molecule has 0 N–H and O–H groups in total. The van der Waals surface area contributed by atoms with Gasteiger partial charge in [-0.25, -0.2) is 0 Å². The van der Waals surface area contributed by atoms with E-state index in [0.29, 0.717) is 0 Å². The summed E-state index contributed by atoms with van der Waals surface area (Å²) in [5, 5.41) is 0. The number of rotatable bonds is 0. The Hall–Kier alpha value is -0.227. The summed E-state index contributed by atoms with van der Waals surface area (Å²) in [4.78, 5) is 3.75. The standard InChI is InChI=1S/C5H4N.Zn/c1-2-4-6-5-3-1;/h2-5H;/q-1;. The molecule has 1 heterocycles. The Morgan fingerprint density at radius 2 is 1.71 bits per heavy atom. The van der Waals surface area contributed by atoms with Crippen LogP contribution >= 0.6 is 0 Å². The molecule has 7 heavy (non-hydrogen) atoms. The van der Waals surface area contributed by atoms with Gasteiger partial charge in [0.1, 0.15) is 0 Å². The van der Waals surface area contributed by atoms with Crippen LogP contribution in [0.5, 0.6) is 0 Å². The average molecular weight is 143 g/mol. The van der Waals surface area contributed by atoms with E-state index in [1.807, 2.05) is 0 Å². The first-order chi connectivity index (χ1) is 3.00. The summed E-state index contributed by atoms with van der Waals surface area (Å²) in [6, 6.07) is 6.36. The van der Waals surface area contributed by atoms with E-state index in [4.69, 9.17) is 0 Å². The van der Waals surface area contributed by atoms with E-state index in [9.17, 15) is 0 Å². The minimum Gasteiger partial charge on any atom is -0.391 e. The van der Waals surface area contributed by atoms with Gasteiger partial charge in [-0.05, 0) is 0 Å². The SMILES string of the molecule is [Zn].[c-]1ccncc1. The van der Waals surface area contributed by atoms with Crippen molar-refractivity contribution in [2.45, 2.75) is 0 Å². The second-order valence-corrected chi connectivity index (χ2v) is 0.947. The molecule has 1 nitrogen and oxygen atoms in total. The van der Waals surface area contributed by atoms with Gasteiger partial charge in [0.05, 0.1) is 0 Å². The fourth-order valence-electron chi connectivity index (χ4n) is 0.277. The quantitative estimate of drug-likeness (QED) is 0.388. The second kappa shape index (κ2) is 3.95. The molecule has 0 aromatic carbocycles. The molecule has 0 amide bonds. The van der Waals surface area contributed by atoms with Crippen LogP contribution in [0.15, 0.2) is 24.5 Å². The van der Waals surface area contributed by atoms with Crippen LogP contribution < -0.4 is 0 Å². The van der Waals surface area contributed by atoms with Gasteiger partial charge in [0, 0.05) is 19.5 Å². The van der Waals surface area contributed by atoms with Crippen LogP contribution in [0.25, 0.3) is 0 Å². The smallest absolute Gasteiger partial charge is 0 e. The maximum Gasteiger partial charge on any atom is 0 e. The van der Waals surface area contributed by atoms with Crippen molar-refractivity contribution in [1.29, 1.82) is 0 Å². The molecule has 0 aliphatic rings. The molecule has 0 saturated heterocycles. The predicted molar refractivity (Wildman–Crippen MR) is 23.1 cm³/mol. The molecule has 0 bridgehead atoms. The van der Waals surface area contributed by atoms with Crippen LogP contribution in [-0.4, -0.2) is 4.98 Å². The maximum absolute atomic E-state index is 3.75. The molecule has 1 aromatic rings. The number of aromatic nitrogens is 1. The summed E-state index contributed by atoms with van der Waals surface area (Å²) in [6.45, 7) is 0. The van der Waals surface area contributed by atoms with Crippen molar-refractivity contribution in [2.24, 2.45) is 0 Å². The molecule has 1 aromatic heterocycles. The number of nitrogens with zero attached hydrogens (tertiary/aromatic N) is 1. The van der Waals surface area contributed by atoms with E-state index in [0.717, 1.165) is 0 Å². The fourth-order valence-corrected chi connectivity index (χ4v) is 0.277. The minimum atomic E-state index is 0. The Morgan fingerprint density at radius 1 is 1.14 bits per heavy atom. The van der Waals surface area contributed by atoms with Crippen molar-refractivity contribution in [3.05, 3.63) is 30.6 Å². The monoisotopic (exact) mass is 142 g/mol. The average Bonchev–Trinajstić information content (AvgIpc) is 1.72. The Kier molecular flexibility index (Phi) is 3.82. The van der Waals surface area contributed by atoms with Gasteiger partial charge in [-0.2, -0.15) is 18.2 Å². The van der Waals surface area contributed by atoms with Gasteiger partial charge in [-0.3, -0.25) is 0 Å². The molecule has 0 aliphatic heterocycles. The second-order valence-electron chi connectivity index (χ2n) is 0.947. The Labute approximate surface area is 55.5 Å². The van der Waals surface area contributed by atoms with Crippen molar-refractivity contribution in [3.8, 4) is 0 Å². The molecule has 0 saturated carbocycles. The van der Waals surface area contributed by atoms with Gasteiger partial charge < -0.3 is 4.98 Å². The molecular formula is C5H4NZn-. The number of hydrogen-bond donors (Lipinski definition) is 0. The first-order valence-electron chi connectivity index (χ1n) is 1.76. The van der Waals surface area contributed by atoms with Crippen molar-refractivity contribution < 1.29 is 19.5 Å². The van der Waals surface area contributed by atoms with Crippen molar-refractivity contribution in [2.75, 3.05) is 0 Å². The molecule has 0 unspecified atom stereocenters. The molecule has 0 radical (unpaired) electrons.